The van der Waals surface area contributed by atoms with Gasteiger partial charge in [-0.25, -0.2) is 0 Å². The van der Waals surface area contributed by atoms with Crippen LogP contribution in [0, 0.1) is 5.92 Å². The van der Waals surface area contributed by atoms with Gasteiger partial charge in [0.25, 0.3) is 0 Å². The van der Waals surface area contributed by atoms with Crippen molar-refractivity contribution in [2.45, 2.75) is 25.4 Å². The molecule has 2 amide bonds. The molecule has 6 heteroatoms. The number of hydrogen-bond donors (Lipinski definition) is 1. The van der Waals surface area contributed by atoms with Crippen molar-refractivity contribution in [1.82, 2.24) is 10.2 Å². The molecule has 2 atom stereocenters. The predicted octanol–water partition coefficient (Wildman–Crippen LogP) is 3.57. The Morgan fingerprint density at radius 2 is 1.93 bits per heavy atom. The van der Waals surface area contributed by atoms with Gasteiger partial charge in [0.05, 0.1) is 19.1 Å². The highest BCUT2D eigenvalue weighted by molar-refractivity contribution is 6.31. The first kappa shape index (κ1) is 19.2. The molecule has 0 radical (unpaired) electrons. The number of likely N-dealkylation sites (tertiary alicyclic amines) is 1. The molecule has 0 spiro atoms. The van der Waals surface area contributed by atoms with Crippen LogP contribution in [0.25, 0.3) is 0 Å². The second-order valence-corrected chi connectivity index (χ2v) is 7.08. The average molecular weight is 387 g/mol. The van der Waals surface area contributed by atoms with Gasteiger partial charge in [-0.3, -0.25) is 9.59 Å². The molecule has 2 aromatic carbocycles. The minimum atomic E-state index is -0.316. The lowest BCUT2D eigenvalue weighted by molar-refractivity contribution is -0.141. The Balaban J connectivity index is 1.79. The number of hydrogen-bond acceptors (Lipinski definition) is 3. The molecule has 3 rings (SSSR count). The Labute approximate surface area is 164 Å². The molecule has 1 heterocycles. The van der Waals surface area contributed by atoms with Gasteiger partial charge in [-0.2, -0.15) is 0 Å². The summed E-state index contributed by atoms with van der Waals surface area (Å²) in [5, 5.41) is 3.61. The highest BCUT2D eigenvalue weighted by Crippen LogP contribution is 2.36. The Kier molecular flexibility index (Phi) is 6.01. The highest BCUT2D eigenvalue weighted by atomic mass is 35.5. The normalized spacial score (nSPS) is 19.7. The fraction of sp³-hybridized carbons (Fsp3) is 0.333. The zero-order valence-corrected chi connectivity index (χ0v) is 16.2. The molecule has 1 fully saturated rings. The SMILES string of the molecule is COc1ccc([C@H]2[C@H](C(=O)NCc3ccccc3Cl)CCC(=O)N2C)cc1. The number of nitrogens with one attached hydrogen (secondary N) is 1. The van der Waals surface area contributed by atoms with Gasteiger partial charge in [-0.05, 0) is 35.7 Å². The van der Waals surface area contributed by atoms with Crippen LogP contribution in [0.3, 0.4) is 0 Å². The number of amides is 2. The van der Waals surface area contributed by atoms with Gasteiger partial charge in [0.1, 0.15) is 5.75 Å². The lowest BCUT2D eigenvalue weighted by Gasteiger charge is -2.38. The minimum Gasteiger partial charge on any atom is -0.497 e. The van der Waals surface area contributed by atoms with Gasteiger partial charge >= 0.3 is 0 Å². The topological polar surface area (TPSA) is 58.6 Å². The average Bonchev–Trinajstić information content (AvgIpc) is 2.69. The summed E-state index contributed by atoms with van der Waals surface area (Å²) in [5.74, 6) is 0.396. The van der Waals surface area contributed by atoms with Gasteiger partial charge in [-0.15, -0.1) is 0 Å². The third kappa shape index (κ3) is 4.25. The van der Waals surface area contributed by atoms with E-state index >= 15 is 0 Å². The van der Waals surface area contributed by atoms with Gasteiger partial charge in [0.15, 0.2) is 0 Å². The maximum atomic E-state index is 12.9. The van der Waals surface area contributed by atoms with Gasteiger partial charge < -0.3 is 15.0 Å². The molecule has 0 saturated carbocycles. The molecule has 27 heavy (non-hydrogen) atoms. The summed E-state index contributed by atoms with van der Waals surface area (Å²) in [6.07, 6.45) is 0.890. The second kappa shape index (κ2) is 8.44. The third-order valence-corrected chi connectivity index (χ3v) is 5.43. The van der Waals surface area contributed by atoms with E-state index in [1.807, 2.05) is 42.5 Å². The molecule has 1 N–H and O–H groups in total. The zero-order chi connectivity index (χ0) is 19.4. The molecule has 0 bridgehead atoms. The quantitative estimate of drug-likeness (QED) is 0.854. The fourth-order valence-electron chi connectivity index (χ4n) is 3.52. The van der Waals surface area contributed by atoms with Gasteiger partial charge in [-0.1, -0.05) is 41.9 Å². The summed E-state index contributed by atoms with van der Waals surface area (Å²) in [4.78, 5) is 26.8. The fourth-order valence-corrected chi connectivity index (χ4v) is 3.73. The van der Waals surface area contributed by atoms with Crippen LogP contribution in [0.5, 0.6) is 5.75 Å². The molecule has 142 valence electrons. The summed E-state index contributed by atoms with van der Waals surface area (Å²) in [5.41, 5.74) is 1.79. The number of rotatable bonds is 5. The van der Waals surface area contributed by atoms with Crippen LogP contribution in [0.4, 0.5) is 0 Å². The first-order valence-corrected chi connectivity index (χ1v) is 9.29. The number of piperidine rings is 1. The lowest BCUT2D eigenvalue weighted by Crippen LogP contribution is -2.46. The van der Waals surface area contributed by atoms with E-state index in [2.05, 4.69) is 5.32 Å². The molecule has 5 nitrogen and oxygen atoms in total. The van der Waals surface area contributed by atoms with Crippen LogP contribution in [-0.4, -0.2) is 30.9 Å². The maximum Gasteiger partial charge on any atom is 0.225 e. The number of methoxy groups -OCH3 is 1. The number of nitrogens with zero attached hydrogens (tertiary/aromatic N) is 1. The summed E-state index contributed by atoms with van der Waals surface area (Å²) in [7, 11) is 3.36. The van der Waals surface area contributed by atoms with E-state index in [9.17, 15) is 9.59 Å². The molecular weight excluding hydrogens is 364 g/mol. The van der Waals surface area contributed by atoms with Crippen LogP contribution in [-0.2, 0) is 16.1 Å². The van der Waals surface area contributed by atoms with E-state index in [-0.39, 0.29) is 23.8 Å². The standard InChI is InChI=1S/C21H23ClN2O3/c1-24-19(25)12-11-17(20(24)14-7-9-16(27-2)10-8-14)21(26)23-13-15-5-3-4-6-18(15)22/h3-10,17,20H,11-13H2,1-2H3,(H,23,26)/t17-,20+/m1/s1. The van der Waals surface area contributed by atoms with Crippen molar-refractivity contribution in [1.29, 1.82) is 0 Å². The number of carbonyl (C=O) groups excluding carboxylic acids is 2. The largest absolute Gasteiger partial charge is 0.497 e. The van der Waals surface area contributed by atoms with Gasteiger partial charge in [0, 0.05) is 25.0 Å². The number of benzene rings is 2. The molecule has 0 aliphatic carbocycles. The monoisotopic (exact) mass is 386 g/mol. The van der Waals surface area contributed by atoms with Crippen molar-refractivity contribution in [3.8, 4) is 5.75 Å². The smallest absolute Gasteiger partial charge is 0.225 e. The van der Waals surface area contributed by atoms with Crippen LogP contribution in [0.1, 0.15) is 30.0 Å². The van der Waals surface area contributed by atoms with Crippen molar-refractivity contribution in [2.24, 2.45) is 5.92 Å². The molecule has 1 aliphatic rings. The summed E-state index contributed by atoms with van der Waals surface area (Å²) < 4.78 is 5.21. The van der Waals surface area contributed by atoms with Crippen LogP contribution < -0.4 is 10.1 Å². The zero-order valence-electron chi connectivity index (χ0n) is 15.4. The molecule has 1 saturated heterocycles. The second-order valence-electron chi connectivity index (χ2n) is 6.68. The Hall–Kier alpha value is -2.53. The van der Waals surface area contributed by atoms with E-state index in [1.54, 1.807) is 25.1 Å². The highest BCUT2D eigenvalue weighted by Gasteiger charge is 2.38. The van der Waals surface area contributed by atoms with Crippen molar-refractivity contribution in [3.05, 3.63) is 64.7 Å². The number of halogens is 1. The van der Waals surface area contributed by atoms with Crippen molar-refractivity contribution >= 4 is 23.4 Å². The Bertz CT molecular complexity index is 822. The van der Waals surface area contributed by atoms with Crippen molar-refractivity contribution in [2.75, 3.05) is 14.2 Å². The van der Waals surface area contributed by atoms with Gasteiger partial charge in [0.2, 0.25) is 11.8 Å². The number of carbonyl (C=O) groups is 2. The van der Waals surface area contributed by atoms with E-state index in [1.165, 1.54) is 0 Å². The maximum absolute atomic E-state index is 12.9. The summed E-state index contributed by atoms with van der Waals surface area (Å²) in [6.45, 7) is 0.363. The van der Waals surface area contributed by atoms with E-state index in [4.69, 9.17) is 16.3 Å². The van der Waals surface area contributed by atoms with Crippen LogP contribution >= 0.6 is 11.6 Å². The van der Waals surface area contributed by atoms with Crippen molar-refractivity contribution < 1.29 is 14.3 Å². The number of ether oxygens (including phenoxy) is 1. The first-order valence-electron chi connectivity index (χ1n) is 8.92. The predicted molar refractivity (Wildman–Crippen MR) is 105 cm³/mol. The first-order chi connectivity index (χ1) is 13.0. The Morgan fingerprint density at radius 1 is 1.22 bits per heavy atom. The van der Waals surface area contributed by atoms with E-state index in [0.717, 1.165) is 16.9 Å². The molecule has 1 aliphatic heterocycles. The summed E-state index contributed by atoms with van der Waals surface area (Å²) in [6, 6.07) is 14.6. The Morgan fingerprint density at radius 3 is 2.59 bits per heavy atom. The van der Waals surface area contributed by atoms with Crippen molar-refractivity contribution in [3.63, 3.8) is 0 Å². The lowest BCUT2D eigenvalue weighted by atomic mass is 9.84. The third-order valence-electron chi connectivity index (χ3n) is 5.07. The van der Waals surface area contributed by atoms with E-state index < -0.39 is 0 Å². The molecule has 2 aromatic rings. The van der Waals surface area contributed by atoms with Crippen LogP contribution in [0.15, 0.2) is 48.5 Å². The summed E-state index contributed by atoms with van der Waals surface area (Å²) >= 11 is 6.17. The minimum absolute atomic E-state index is 0.0472. The molecular formula is C21H23ClN2O3. The molecule has 0 aromatic heterocycles. The van der Waals surface area contributed by atoms with Crippen LogP contribution in [0.2, 0.25) is 5.02 Å². The van der Waals surface area contributed by atoms with E-state index in [0.29, 0.717) is 24.4 Å². The molecule has 0 unspecified atom stereocenters.